The molecular formula is C14H21N5O. The number of amides is 1. The molecule has 20 heavy (non-hydrogen) atoms. The van der Waals surface area contributed by atoms with E-state index in [4.69, 9.17) is 5.73 Å². The lowest BCUT2D eigenvalue weighted by Crippen LogP contribution is -2.59. The van der Waals surface area contributed by atoms with Crippen molar-refractivity contribution in [2.75, 3.05) is 23.7 Å². The minimum Gasteiger partial charge on any atom is -0.368 e. The second-order valence-electron chi connectivity index (χ2n) is 5.79. The quantitative estimate of drug-likeness (QED) is 0.861. The molecule has 3 rings (SSSR count). The van der Waals surface area contributed by atoms with E-state index >= 15 is 0 Å². The van der Waals surface area contributed by atoms with Crippen molar-refractivity contribution in [3.05, 3.63) is 11.8 Å². The van der Waals surface area contributed by atoms with E-state index in [1.165, 1.54) is 25.7 Å². The van der Waals surface area contributed by atoms with Crippen molar-refractivity contribution in [3.8, 4) is 0 Å². The highest BCUT2D eigenvalue weighted by Gasteiger charge is 2.29. The zero-order valence-electron chi connectivity index (χ0n) is 11.8. The van der Waals surface area contributed by atoms with Crippen LogP contribution in [0, 0.1) is 0 Å². The van der Waals surface area contributed by atoms with E-state index in [0.717, 1.165) is 24.6 Å². The van der Waals surface area contributed by atoms with Crippen LogP contribution >= 0.6 is 0 Å². The van der Waals surface area contributed by atoms with Gasteiger partial charge in [-0.15, -0.1) is 0 Å². The number of nitrogens with two attached hydrogens (primary N) is 1. The van der Waals surface area contributed by atoms with Crippen LogP contribution in [0.2, 0.25) is 0 Å². The Morgan fingerprint density at radius 3 is 2.70 bits per heavy atom. The number of hydrogen-bond donors (Lipinski definition) is 2. The van der Waals surface area contributed by atoms with Crippen molar-refractivity contribution in [3.63, 3.8) is 0 Å². The van der Waals surface area contributed by atoms with Crippen LogP contribution in [-0.4, -0.2) is 35.0 Å². The molecule has 1 aliphatic heterocycles. The molecule has 0 bridgehead atoms. The monoisotopic (exact) mass is 275 g/mol. The van der Waals surface area contributed by atoms with Gasteiger partial charge in [0.2, 0.25) is 11.9 Å². The highest BCUT2D eigenvalue weighted by Crippen LogP contribution is 2.34. The van der Waals surface area contributed by atoms with E-state index in [-0.39, 0.29) is 11.9 Å². The number of nitrogens with one attached hydrogen (secondary N) is 1. The lowest BCUT2D eigenvalue weighted by Gasteiger charge is -2.40. The summed E-state index contributed by atoms with van der Waals surface area (Å²) in [7, 11) is 0. The van der Waals surface area contributed by atoms with E-state index in [0.29, 0.717) is 11.9 Å². The van der Waals surface area contributed by atoms with Gasteiger partial charge in [0.15, 0.2) is 0 Å². The van der Waals surface area contributed by atoms with Crippen LogP contribution in [0.4, 0.5) is 11.8 Å². The van der Waals surface area contributed by atoms with Gasteiger partial charge in [0, 0.05) is 32.0 Å². The van der Waals surface area contributed by atoms with Crippen LogP contribution in [0.15, 0.2) is 6.07 Å². The third-order valence-corrected chi connectivity index (χ3v) is 4.14. The van der Waals surface area contributed by atoms with Gasteiger partial charge in [-0.1, -0.05) is 12.8 Å². The molecule has 1 aromatic heterocycles. The molecule has 2 heterocycles. The predicted octanol–water partition coefficient (Wildman–Crippen LogP) is 1.04. The summed E-state index contributed by atoms with van der Waals surface area (Å²) < 4.78 is 0. The molecule has 1 saturated heterocycles. The minimum absolute atomic E-state index is 0.0171. The van der Waals surface area contributed by atoms with Gasteiger partial charge in [-0.2, -0.15) is 4.98 Å². The molecule has 1 amide bonds. The summed E-state index contributed by atoms with van der Waals surface area (Å²) in [4.78, 5) is 21.8. The number of hydrogen-bond acceptors (Lipinski definition) is 5. The van der Waals surface area contributed by atoms with Crippen LogP contribution in [0.5, 0.6) is 0 Å². The molecule has 3 N–H and O–H groups in total. The molecule has 1 aliphatic carbocycles. The Balaban J connectivity index is 1.69. The Labute approximate surface area is 118 Å². The highest BCUT2D eigenvalue weighted by atomic mass is 16.1. The molecule has 6 heteroatoms. The molecule has 108 valence electrons. The summed E-state index contributed by atoms with van der Waals surface area (Å²) in [5, 5.41) is 2.91. The summed E-state index contributed by atoms with van der Waals surface area (Å²) in [5.74, 6) is 1.79. The molecule has 2 fully saturated rings. The maximum Gasteiger partial charge on any atom is 0.222 e. The first-order valence-electron chi connectivity index (χ1n) is 7.28. The molecule has 0 aromatic carbocycles. The molecule has 0 spiro atoms. The second-order valence-corrected chi connectivity index (χ2v) is 5.79. The lowest BCUT2D eigenvalue weighted by atomic mass is 10.0. The number of aromatic nitrogens is 2. The molecule has 1 saturated carbocycles. The van der Waals surface area contributed by atoms with Gasteiger partial charge in [0.1, 0.15) is 5.82 Å². The van der Waals surface area contributed by atoms with Crippen molar-refractivity contribution in [2.24, 2.45) is 0 Å². The van der Waals surface area contributed by atoms with Gasteiger partial charge >= 0.3 is 0 Å². The van der Waals surface area contributed by atoms with Crippen LogP contribution < -0.4 is 16.0 Å². The third-order valence-electron chi connectivity index (χ3n) is 4.14. The molecular weight excluding hydrogens is 254 g/mol. The fourth-order valence-corrected chi connectivity index (χ4v) is 3.11. The number of anilines is 2. The normalized spacial score (nSPS) is 19.9. The fraction of sp³-hybridized carbons (Fsp3) is 0.643. The zero-order chi connectivity index (χ0) is 14.1. The number of carbonyl (C=O) groups is 1. The van der Waals surface area contributed by atoms with Gasteiger partial charge in [-0.05, 0) is 12.8 Å². The highest BCUT2D eigenvalue weighted by molar-refractivity contribution is 5.73. The van der Waals surface area contributed by atoms with Gasteiger partial charge in [-0.3, -0.25) is 4.79 Å². The first kappa shape index (κ1) is 13.1. The zero-order valence-corrected chi connectivity index (χ0v) is 11.8. The molecule has 6 nitrogen and oxygen atoms in total. The smallest absolute Gasteiger partial charge is 0.222 e. The number of rotatable bonds is 3. The summed E-state index contributed by atoms with van der Waals surface area (Å²) >= 11 is 0. The van der Waals surface area contributed by atoms with Gasteiger partial charge in [-0.25, -0.2) is 4.98 Å². The first-order valence-corrected chi connectivity index (χ1v) is 7.28. The first-order chi connectivity index (χ1) is 9.61. The van der Waals surface area contributed by atoms with Crippen molar-refractivity contribution in [2.45, 2.75) is 44.6 Å². The predicted molar refractivity (Wildman–Crippen MR) is 77.5 cm³/mol. The van der Waals surface area contributed by atoms with Crippen LogP contribution in [0.25, 0.3) is 0 Å². The number of carbonyl (C=O) groups excluding carboxylic acids is 1. The van der Waals surface area contributed by atoms with Gasteiger partial charge in [0.05, 0.1) is 11.7 Å². The van der Waals surface area contributed by atoms with Crippen molar-refractivity contribution in [1.82, 2.24) is 15.3 Å². The summed E-state index contributed by atoms with van der Waals surface area (Å²) in [6.45, 7) is 3.13. The molecule has 1 aromatic rings. The Hall–Kier alpha value is -1.85. The topological polar surface area (TPSA) is 84.1 Å². The Bertz CT molecular complexity index is 506. The molecule has 0 atom stereocenters. The summed E-state index contributed by atoms with van der Waals surface area (Å²) in [6, 6.07) is 2.29. The summed E-state index contributed by atoms with van der Waals surface area (Å²) in [6.07, 6.45) is 4.95. The molecule has 0 unspecified atom stereocenters. The fourth-order valence-electron chi connectivity index (χ4n) is 3.11. The van der Waals surface area contributed by atoms with E-state index < -0.39 is 0 Å². The average Bonchev–Trinajstić information content (AvgIpc) is 2.85. The van der Waals surface area contributed by atoms with Crippen molar-refractivity contribution in [1.29, 1.82) is 0 Å². The summed E-state index contributed by atoms with van der Waals surface area (Å²) in [5.41, 5.74) is 6.92. The van der Waals surface area contributed by atoms with Gasteiger partial charge in [0.25, 0.3) is 0 Å². The maximum atomic E-state index is 11.0. The second kappa shape index (κ2) is 5.26. The van der Waals surface area contributed by atoms with Crippen LogP contribution in [-0.2, 0) is 4.79 Å². The van der Waals surface area contributed by atoms with E-state index in [9.17, 15) is 4.79 Å². The molecule has 2 aliphatic rings. The maximum absolute atomic E-state index is 11.0. The average molecular weight is 275 g/mol. The standard InChI is InChI=1S/C14H21N5O/c1-9(20)16-11-7-19(8-11)13-6-12(17-14(15)18-13)10-4-2-3-5-10/h6,10-11H,2-5,7-8H2,1H3,(H,16,20)(H2,15,17,18). The number of nitrogen functional groups attached to an aromatic ring is 1. The van der Waals surface area contributed by atoms with E-state index in [2.05, 4.69) is 26.3 Å². The van der Waals surface area contributed by atoms with E-state index in [1.54, 1.807) is 6.92 Å². The third kappa shape index (κ3) is 2.69. The molecule has 0 radical (unpaired) electrons. The van der Waals surface area contributed by atoms with Crippen LogP contribution in [0.1, 0.15) is 44.2 Å². The Kier molecular flexibility index (Phi) is 3.46. The Morgan fingerprint density at radius 2 is 2.05 bits per heavy atom. The minimum atomic E-state index is 0.0171. The van der Waals surface area contributed by atoms with Gasteiger partial charge < -0.3 is 16.0 Å². The largest absolute Gasteiger partial charge is 0.368 e. The van der Waals surface area contributed by atoms with Crippen molar-refractivity contribution >= 4 is 17.7 Å². The number of nitrogens with zero attached hydrogens (tertiary/aromatic N) is 3. The lowest BCUT2D eigenvalue weighted by molar-refractivity contribution is -0.119. The van der Waals surface area contributed by atoms with E-state index in [1.807, 2.05) is 0 Å². The van der Waals surface area contributed by atoms with Crippen molar-refractivity contribution < 1.29 is 4.79 Å². The van der Waals surface area contributed by atoms with Crippen LogP contribution in [0.3, 0.4) is 0 Å². The Morgan fingerprint density at radius 1 is 1.35 bits per heavy atom. The SMILES string of the molecule is CC(=O)NC1CN(c2cc(C3CCCC3)nc(N)n2)C1.